The molecule has 0 saturated carbocycles. The molecule has 0 aliphatic heterocycles. The van der Waals surface area contributed by atoms with Gasteiger partial charge >= 0.3 is 11.9 Å². The summed E-state index contributed by atoms with van der Waals surface area (Å²) in [5.41, 5.74) is 3.65. The number of carbonyl (C=O) groups is 2. The first-order chi connectivity index (χ1) is 15.1. The van der Waals surface area contributed by atoms with Gasteiger partial charge in [-0.25, -0.2) is 4.79 Å². The van der Waals surface area contributed by atoms with Crippen LogP contribution in [-0.4, -0.2) is 24.6 Å². The third-order valence-corrected chi connectivity index (χ3v) is 5.38. The highest BCUT2D eigenvalue weighted by Crippen LogP contribution is 2.25. The lowest BCUT2D eigenvalue weighted by atomic mass is 9.94. The minimum atomic E-state index is -0.918. The molecule has 0 bridgehead atoms. The van der Waals surface area contributed by atoms with Crippen LogP contribution in [0, 0.1) is 0 Å². The summed E-state index contributed by atoms with van der Waals surface area (Å²) in [7, 11) is 1.35. The number of methoxy groups -OCH3 is 1. The van der Waals surface area contributed by atoms with Gasteiger partial charge in [0.1, 0.15) is 5.60 Å². The van der Waals surface area contributed by atoms with E-state index in [0.717, 1.165) is 32.1 Å². The van der Waals surface area contributed by atoms with E-state index in [2.05, 4.69) is 45.9 Å². The van der Waals surface area contributed by atoms with Crippen molar-refractivity contribution in [3.8, 4) is 0 Å². The minimum absolute atomic E-state index is 0.0303. The van der Waals surface area contributed by atoms with E-state index in [1.807, 2.05) is 6.07 Å². The second kappa shape index (κ2) is 14.4. The van der Waals surface area contributed by atoms with Gasteiger partial charge < -0.3 is 9.47 Å². The quantitative estimate of drug-likeness (QED) is 0.237. The molecule has 0 amide bonds. The molecule has 0 spiro atoms. The Labute approximate surface area is 194 Å². The molecule has 0 radical (unpaired) electrons. The molecule has 4 nitrogen and oxygen atoms in total. The summed E-state index contributed by atoms with van der Waals surface area (Å²) in [6.45, 7) is 10.4. The SMILES string of the molecule is COC(=O)CC(C)(CCC=C(C)CC/C=C(\C)CCC=C(C)C)OC(=O)c1ccccc1. The van der Waals surface area contributed by atoms with E-state index in [1.165, 1.54) is 23.8 Å². The van der Waals surface area contributed by atoms with Gasteiger partial charge in [0.15, 0.2) is 0 Å². The molecular formula is C28H40O4. The third kappa shape index (κ3) is 11.7. The number of hydrogen-bond donors (Lipinski definition) is 0. The molecule has 0 aliphatic rings. The van der Waals surface area contributed by atoms with Gasteiger partial charge in [-0.05, 0) is 85.3 Å². The average molecular weight is 441 g/mol. The maximum absolute atomic E-state index is 12.5. The average Bonchev–Trinajstić information content (AvgIpc) is 2.73. The largest absolute Gasteiger partial charge is 0.469 e. The lowest BCUT2D eigenvalue weighted by molar-refractivity contribution is -0.146. The fraction of sp³-hybridized carbons (Fsp3) is 0.500. The van der Waals surface area contributed by atoms with Crippen LogP contribution in [0.3, 0.4) is 0 Å². The highest BCUT2D eigenvalue weighted by atomic mass is 16.6. The van der Waals surface area contributed by atoms with E-state index in [9.17, 15) is 9.59 Å². The number of rotatable bonds is 13. The van der Waals surface area contributed by atoms with Crippen molar-refractivity contribution in [3.63, 3.8) is 0 Å². The van der Waals surface area contributed by atoms with Gasteiger partial charge in [-0.1, -0.05) is 53.1 Å². The van der Waals surface area contributed by atoms with E-state index in [0.29, 0.717) is 12.0 Å². The van der Waals surface area contributed by atoms with Crippen LogP contribution in [0.2, 0.25) is 0 Å². The summed E-state index contributed by atoms with van der Waals surface area (Å²) in [5.74, 6) is -0.811. The van der Waals surface area contributed by atoms with Crippen molar-refractivity contribution >= 4 is 11.9 Å². The summed E-state index contributed by atoms with van der Waals surface area (Å²) < 4.78 is 10.6. The zero-order valence-electron chi connectivity index (χ0n) is 20.7. The second-order valence-electron chi connectivity index (χ2n) is 8.96. The van der Waals surface area contributed by atoms with Crippen LogP contribution in [0.1, 0.15) is 89.9 Å². The molecule has 1 rings (SSSR count). The molecule has 1 unspecified atom stereocenters. The maximum Gasteiger partial charge on any atom is 0.338 e. The summed E-state index contributed by atoms with van der Waals surface area (Å²) in [4.78, 5) is 24.5. The Kier molecular flexibility index (Phi) is 12.4. The smallest absolute Gasteiger partial charge is 0.338 e. The molecule has 0 N–H and O–H groups in total. The van der Waals surface area contributed by atoms with Crippen molar-refractivity contribution in [1.29, 1.82) is 0 Å². The third-order valence-electron chi connectivity index (χ3n) is 5.38. The molecule has 1 aromatic rings. The van der Waals surface area contributed by atoms with Crippen LogP contribution in [0.15, 0.2) is 65.3 Å². The van der Waals surface area contributed by atoms with E-state index >= 15 is 0 Å². The van der Waals surface area contributed by atoms with Gasteiger partial charge in [-0.3, -0.25) is 4.79 Å². The van der Waals surface area contributed by atoms with Crippen molar-refractivity contribution in [2.24, 2.45) is 0 Å². The zero-order chi connectivity index (χ0) is 24.0. The fourth-order valence-corrected chi connectivity index (χ4v) is 3.37. The molecule has 0 saturated heterocycles. The number of ether oxygens (including phenoxy) is 2. The molecule has 0 aromatic heterocycles. The second-order valence-corrected chi connectivity index (χ2v) is 8.96. The molecule has 176 valence electrons. The van der Waals surface area contributed by atoms with Crippen molar-refractivity contribution < 1.29 is 19.1 Å². The van der Waals surface area contributed by atoms with Gasteiger partial charge in [0.05, 0.1) is 19.1 Å². The van der Waals surface area contributed by atoms with E-state index in [1.54, 1.807) is 31.2 Å². The normalized spacial score (nSPS) is 13.8. The summed E-state index contributed by atoms with van der Waals surface area (Å²) in [5, 5.41) is 0. The maximum atomic E-state index is 12.5. The standard InChI is InChI=1S/C28H40O4/c1-22(2)13-10-14-23(3)15-11-16-24(4)17-12-20-28(5,21-26(29)31-6)32-27(30)25-18-8-7-9-19-25/h7-9,13,15,17-19H,10-12,14,16,20-21H2,1-6H3/b23-15+,24-17?. The molecular weight excluding hydrogens is 400 g/mol. The highest BCUT2D eigenvalue weighted by molar-refractivity contribution is 5.89. The summed E-state index contributed by atoms with van der Waals surface area (Å²) in [6, 6.07) is 8.84. The number of hydrogen-bond acceptors (Lipinski definition) is 4. The van der Waals surface area contributed by atoms with Crippen molar-refractivity contribution in [2.45, 2.75) is 85.2 Å². The predicted molar refractivity (Wildman–Crippen MR) is 132 cm³/mol. The van der Waals surface area contributed by atoms with Crippen molar-refractivity contribution in [1.82, 2.24) is 0 Å². The van der Waals surface area contributed by atoms with Crippen LogP contribution in [0.5, 0.6) is 0 Å². The Balaban J connectivity index is 2.62. The fourth-order valence-electron chi connectivity index (χ4n) is 3.37. The molecule has 0 heterocycles. The predicted octanol–water partition coefficient (Wildman–Crippen LogP) is 7.36. The van der Waals surface area contributed by atoms with Crippen LogP contribution < -0.4 is 0 Å². The Hall–Kier alpha value is -2.62. The van der Waals surface area contributed by atoms with Crippen molar-refractivity contribution in [2.75, 3.05) is 7.11 Å². The lowest BCUT2D eigenvalue weighted by Crippen LogP contribution is -2.34. The lowest BCUT2D eigenvalue weighted by Gasteiger charge is -2.28. The molecule has 1 aromatic carbocycles. The highest BCUT2D eigenvalue weighted by Gasteiger charge is 2.32. The zero-order valence-corrected chi connectivity index (χ0v) is 20.7. The first kappa shape index (κ1) is 27.4. The minimum Gasteiger partial charge on any atom is -0.469 e. The number of benzene rings is 1. The monoisotopic (exact) mass is 440 g/mol. The van der Waals surface area contributed by atoms with Gasteiger partial charge in [0, 0.05) is 0 Å². The van der Waals surface area contributed by atoms with E-state index < -0.39 is 11.6 Å². The van der Waals surface area contributed by atoms with Gasteiger partial charge in [0.25, 0.3) is 0 Å². The Bertz CT molecular complexity index is 813. The first-order valence-corrected chi connectivity index (χ1v) is 11.4. The number of carbonyl (C=O) groups excluding carboxylic acids is 2. The van der Waals surface area contributed by atoms with Crippen LogP contribution in [0.4, 0.5) is 0 Å². The van der Waals surface area contributed by atoms with Gasteiger partial charge in [-0.15, -0.1) is 0 Å². The van der Waals surface area contributed by atoms with Crippen LogP contribution in [0.25, 0.3) is 0 Å². The number of allylic oxidation sites excluding steroid dienone is 6. The molecule has 4 heteroatoms. The Morgan fingerprint density at radius 3 is 2.00 bits per heavy atom. The van der Waals surface area contributed by atoms with E-state index in [4.69, 9.17) is 9.47 Å². The summed E-state index contributed by atoms with van der Waals surface area (Å²) in [6.07, 6.45) is 12.3. The van der Waals surface area contributed by atoms with Crippen LogP contribution >= 0.6 is 0 Å². The van der Waals surface area contributed by atoms with Crippen LogP contribution in [-0.2, 0) is 14.3 Å². The first-order valence-electron chi connectivity index (χ1n) is 11.4. The van der Waals surface area contributed by atoms with E-state index in [-0.39, 0.29) is 12.4 Å². The molecule has 0 aliphatic carbocycles. The van der Waals surface area contributed by atoms with Crippen molar-refractivity contribution in [3.05, 3.63) is 70.8 Å². The molecule has 0 fully saturated rings. The molecule has 1 atom stereocenters. The van der Waals surface area contributed by atoms with Gasteiger partial charge in [0.2, 0.25) is 0 Å². The Morgan fingerprint density at radius 1 is 0.875 bits per heavy atom. The number of esters is 2. The molecule has 32 heavy (non-hydrogen) atoms. The topological polar surface area (TPSA) is 52.6 Å². The van der Waals surface area contributed by atoms with Gasteiger partial charge in [-0.2, -0.15) is 0 Å². The Morgan fingerprint density at radius 2 is 1.44 bits per heavy atom. The summed E-state index contributed by atoms with van der Waals surface area (Å²) >= 11 is 0.